The molecule has 1 atom stereocenters. The molecule has 0 saturated carbocycles. The molecule has 0 heterocycles. The van der Waals surface area contributed by atoms with Crippen molar-refractivity contribution in [3.63, 3.8) is 0 Å². The van der Waals surface area contributed by atoms with Gasteiger partial charge in [0.05, 0.1) is 6.61 Å². The molecule has 0 aliphatic heterocycles. The number of halogens is 1. The summed E-state index contributed by atoms with van der Waals surface area (Å²) in [6.07, 6.45) is 3.55. The lowest BCUT2D eigenvalue weighted by Crippen LogP contribution is -2.36. The molecule has 0 saturated heterocycles. The highest BCUT2D eigenvalue weighted by molar-refractivity contribution is 5.85. The lowest BCUT2D eigenvalue weighted by Gasteiger charge is -2.10. The largest absolute Gasteiger partial charge is 0.460 e. The van der Waals surface area contributed by atoms with E-state index in [1.165, 1.54) is 6.08 Å². The van der Waals surface area contributed by atoms with Crippen LogP contribution in [0, 0.1) is 0 Å². The molecule has 0 aromatic heterocycles. The van der Waals surface area contributed by atoms with Gasteiger partial charge in [0.1, 0.15) is 12.6 Å². The lowest BCUT2D eigenvalue weighted by molar-refractivity contribution is -0.145. The maximum atomic E-state index is 11.1. The van der Waals surface area contributed by atoms with Crippen molar-refractivity contribution in [2.45, 2.75) is 25.8 Å². The molecular formula is C10H20ClNO3. The summed E-state index contributed by atoms with van der Waals surface area (Å²) in [6, 6.07) is -0.688. The maximum absolute atomic E-state index is 11.1. The third-order valence-electron chi connectivity index (χ3n) is 1.59. The van der Waals surface area contributed by atoms with Crippen molar-refractivity contribution in [2.24, 2.45) is 5.73 Å². The van der Waals surface area contributed by atoms with Crippen LogP contribution in [0.4, 0.5) is 0 Å². The predicted molar refractivity (Wildman–Crippen MR) is 62.1 cm³/mol. The summed E-state index contributed by atoms with van der Waals surface area (Å²) >= 11 is 0. The van der Waals surface area contributed by atoms with Crippen LogP contribution in [0.25, 0.3) is 0 Å². The molecule has 15 heavy (non-hydrogen) atoms. The number of hydrogen-bond acceptors (Lipinski definition) is 4. The first-order valence-electron chi connectivity index (χ1n) is 4.83. The molecule has 2 N–H and O–H groups in total. The Bertz CT molecular complexity index is 176. The van der Waals surface area contributed by atoms with Gasteiger partial charge in [-0.05, 0) is 6.42 Å². The average Bonchev–Trinajstić information content (AvgIpc) is 2.20. The van der Waals surface area contributed by atoms with Gasteiger partial charge in [-0.2, -0.15) is 0 Å². The molecule has 4 nitrogen and oxygen atoms in total. The van der Waals surface area contributed by atoms with E-state index in [9.17, 15) is 4.79 Å². The summed E-state index contributed by atoms with van der Waals surface area (Å²) in [7, 11) is 0. The molecule has 0 radical (unpaired) electrons. The Morgan fingerprint density at radius 2 is 2.27 bits per heavy atom. The maximum Gasteiger partial charge on any atom is 0.325 e. The van der Waals surface area contributed by atoms with Crippen molar-refractivity contribution in [3.8, 4) is 0 Å². The highest BCUT2D eigenvalue weighted by atomic mass is 35.5. The minimum Gasteiger partial charge on any atom is -0.460 e. The Balaban J connectivity index is 0. The third kappa shape index (κ3) is 9.72. The van der Waals surface area contributed by atoms with E-state index < -0.39 is 12.0 Å². The van der Waals surface area contributed by atoms with Crippen LogP contribution in [0.1, 0.15) is 19.8 Å². The van der Waals surface area contributed by atoms with Crippen molar-refractivity contribution in [1.82, 2.24) is 0 Å². The SMILES string of the molecule is C=CCOC(=O)[C@@H](N)COCCCC.Cl. The van der Waals surface area contributed by atoms with Gasteiger partial charge in [0, 0.05) is 6.61 Å². The van der Waals surface area contributed by atoms with Gasteiger partial charge in [-0.1, -0.05) is 26.0 Å². The summed E-state index contributed by atoms with van der Waals surface area (Å²) in [4.78, 5) is 11.1. The second-order valence-electron chi connectivity index (χ2n) is 2.95. The second-order valence-corrected chi connectivity index (χ2v) is 2.95. The normalized spacial score (nSPS) is 11.3. The Morgan fingerprint density at radius 3 is 2.80 bits per heavy atom. The second kappa shape index (κ2) is 11.5. The van der Waals surface area contributed by atoms with Crippen LogP contribution < -0.4 is 5.73 Å². The van der Waals surface area contributed by atoms with E-state index in [4.69, 9.17) is 15.2 Å². The average molecular weight is 238 g/mol. The zero-order valence-electron chi connectivity index (χ0n) is 9.11. The van der Waals surface area contributed by atoms with E-state index in [0.29, 0.717) is 6.61 Å². The summed E-state index contributed by atoms with van der Waals surface area (Å²) in [5, 5.41) is 0. The number of carbonyl (C=O) groups is 1. The summed E-state index contributed by atoms with van der Waals surface area (Å²) < 4.78 is 9.93. The number of rotatable bonds is 8. The van der Waals surface area contributed by atoms with Crippen molar-refractivity contribution < 1.29 is 14.3 Å². The fourth-order valence-corrected chi connectivity index (χ4v) is 0.773. The third-order valence-corrected chi connectivity index (χ3v) is 1.59. The van der Waals surface area contributed by atoms with Crippen LogP contribution in [0.3, 0.4) is 0 Å². The molecule has 0 spiro atoms. The quantitative estimate of drug-likeness (QED) is 0.393. The summed E-state index contributed by atoms with van der Waals surface area (Å²) in [5.41, 5.74) is 5.51. The van der Waals surface area contributed by atoms with Crippen molar-refractivity contribution in [2.75, 3.05) is 19.8 Å². The Hall–Kier alpha value is -0.580. The molecular weight excluding hydrogens is 218 g/mol. The highest BCUT2D eigenvalue weighted by Gasteiger charge is 2.13. The summed E-state index contributed by atoms with van der Waals surface area (Å²) in [5.74, 6) is -0.443. The molecule has 0 fully saturated rings. The fraction of sp³-hybridized carbons (Fsp3) is 0.700. The first kappa shape index (κ1) is 16.8. The van der Waals surface area contributed by atoms with E-state index in [0.717, 1.165) is 12.8 Å². The van der Waals surface area contributed by atoms with Crippen molar-refractivity contribution in [3.05, 3.63) is 12.7 Å². The Labute approximate surface area is 97.2 Å². The molecule has 0 unspecified atom stereocenters. The minimum atomic E-state index is -0.688. The molecule has 0 aliphatic carbocycles. The van der Waals surface area contributed by atoms with Gasteiger partial charge < -0.3 is 15.2 Å². The van der Waals surface area contributed by atoms with Gasteiger partial charge >= 0.3 is 5.97 Å². The first-order chi connectivity index (χ1) is 6.72. The number of nitrogens with two attached hydrogens (primary N) is 1. The molecule has 0 rings (SSSR count). The predicted octanol–water partition coefficient (Wildman–Crippen LogP) is 1.28. The van der Waals surface area contributed by atoms with E-state index in [1.54, 1.807) is 0 Å². The van der Waals surface area contributed by atoms with Crippen LogP contribution >= 0.6 is 12.4 Å². The van der Waals surface area contributed by atoms with E-state index in [-0.39, 0.29) is 25.6 Å². The van der Waals surface area contributed by atoms with Gasteiger partial charge in [-0.3, -0.25) is 4.79 Å². The number of carbonyl (C=O) groups excluding carboxylic acids is 1. The van der Waals surface area contributed by atoms with Gasteiger partial charge in [0.2, 0.25) is 0 Å². The number of hydrogen-bond donors (Lipinski definition) is 1. The van der Waals surface area contributed by atoms with Crippen molar-refractivity contribution in [1.29, 1.82) is 0 Å². The smallest absolute Gasteiger partial charge is 0.325 e. The minimum absolute atomic E-state index is 0. The highest BCUT2D eigenvalue weighted by Crippen LogP contribution is 1.91. The number of unbranched alkanes of at least 4 members (excludes halogenated alkanes) is 1. The van der Waals surface area contributed by atoms with Crippen molar-refractivity contribution >= 4 is 18.4 Å². The van der Waals surface area contributed by atoms with E-state index >= 15 is 0 Å². The van der Waals surface area contributed by atoms with Gasteiger partial charge in [0.15, 0.2) is 0 Å². The van der Waals surface area contributed by atoms with E-state index in [1.807, 2.05) is 0 Å². The Morgan fingerprint density at radius 1 is 1.60 bits per heavy atom. The molecule has 0 bridgehead atoms. The fourth-order valence-electron chi connectivity index (χ4n) is 0.773. The Kier molecular flexibility index (Phi) is 12.9. The first-order valence-corrected chi connectivity index (χ1v) is 4.83. The summed E-state index contributed by atoms with van der Waals surface area (Å²) in [6.45, 7) is 6.55. The monoisotopic (exact) mass is 237 g/mol. The van der Waals surface area contributed by atoms with Crippen LogP contribution in [-0.4, -0.2) is 31.8 Å². The lowest BCUT2D eigenvalue weighted by atomic mass is 10.3. The molecule has 5 heteroatoms. The van der Waals surface area contributed by atoms with Gasteiger partial charge in [-0.15, -0.1) is 12.4 Å². The molecule has 0 aliphatic rings. The molecule has 0 amide bonds. The van der Waals surface area contributed by atoms with Crippen LogP contribution in [0.15, 0.2) is 12.7 Å². The van der Waals surface area contributed by atoms with Gasteiger partial charge in [0.25, 0.3) is 0 Å². The van der Waals surface area contributed by atoms with Crippen LogP contribution in [-0.2, 0) is 14.3 Å². The topological polar surface area (TPSA) is 61.5 Å². The van der Waals surface area contributed by atoms with Crippen LogP contribution in [0.2, 0.25) is 0 Å². The van der Waals surface area contributed by atoms with Gasteiger partial charge in [-0.25, -0.2) is 0 Å². The zero-order chi connectivity index (χ0) is 10.8. The number of esters is 1. The zero-order valence-corrected chi connectivity index (χ0v) is 9.92. The number of ether oxygens (including phenoxy) is 2. The van der Waals surface area contributed by atoms with Crippen LogP contribution in [0.5, 0.6) is 0 Å². The molecule has 0 aromatic carbocycles. The van der Waals surface area contributed by atoms with E-state index in [2.05, 4.69) is 13.5 Å². The standard InChI is InChI=1S/C10H19NO3.ClH/c1-3-5-7-13-8-9(11)10(12)14-6-4-2;/h4,9H,2-3,5-8,11H2,1H3;1H/t9-;/m0./s1. The molecule has 90 valence electrons. The molecule has 0 aromatic rings.